The molecule has 0 saturated carbocycles. The SMILES string of the molecule is COc1ccc(CN(C(=O)COc2ccccc2)[C@@H](C)C(=O)NCc2ccccc2OC)cc1. The van der Waals surface area contributed by atoms with Crippen molar-refractivity contribution in [3.05, 3.63) is 90.0 Å². The highest BCUT2D eigenvalue weighted by molar-refractivity contribution is 5.88. The minimum Gasteiger partial charge on any atom is -0.497 e. The molecule has 178 valence electrons. The Hall–Kier alpha value is -4.00. The Bertz CT molecular complexity index is 1070. The van der Waals surface area contributed by atoms with Crippen molar-refractivity contribution in [3.8, 4) is 17.2 Å². The number of nitrogens with one attached hydrogen (secondary N) is 1. The summed E-state index contributed by atoms with van der Waals surface area (Å²) in [6, 6.07) is 23.3. The van der Waals surface area contributed by atoms with Crippen molar-refractivity contribution in [3.63, 3.8) is 0 Å². The van der Waals surface area contributed by atoms with E-state index in [2.05, 4.69) is 5.32 Å². The number of amides is 2. The highest BCUT2D eigenvalue weighted by Crippen LogP contribution is 2.18. The first kappa shape index (κ1) is 24.6. The third-order valence-electron chi connectivity index (χ3n) is 5.43. The first-order valence-corrected chi connectivity index (χ1v) is 11.0. The zero-order valence-electron chi connectivity index (χ0n) is 19.7. The Morgan fingerprint density at radius 1 is 0.853 bits per heavy atom. The molecule has 0 aliphatic rings. The number of nitrogens with zero attached hydrogens (tertiary/aromatic N) is 1. The maximum Gasteiger partial charge on any atom is 0.261 e. The number of benzene rings is 3. The summed E-state index contributed by atoms with van der Waals surface area (Å²) in [7, 11) is 3.19. The molecule has 0 aliphatic heterocycles. The number of carbonyl (C=O) groups excluding carboxylic acids is 2. The third-order valence-corrected chi connectivity index (χ3v) is 5.43. The molecule has 2 amide bonds. The normalized spacial score (nSPS) is 11.3. The maximum absolute atomic E-state index is 13.1. The molecule has 0 spiro atoms. The van der Waals surface area contributed by atoms with Gasteiger partial charge in [0.05, 0.1) is 14.2 Å². The van der Waals surface area contributed by atoms with Crippen LogP contribution in [0.2, 0.25) is 0 Å². The number of rotatable bonds is 11. The van der Waals surface area contributed by atoms with Crippen molar-refractivity contribution in [2.24, 2.45) is 0 Å². The molecule has 7 nitrogen and oxygen atoms in total. The maximum atomic E-state index is 13.1. The van der Waals surface area contributed by atoms with Crippen LogP contribution < -0.4 is 19.5 Å². The molecule has 3 aromatic carbocycles. The molecule has 0 saturated heterocycles. The second kappa shape index (κ2) is 12.3. The quantitative estimate of drug-likeness (QED) is 0.469. The van der Waals surface area contributed by atoms with Crippen molar-refractivity contribution in [1.29, 1.82) is 0 Å². The summed E-state index contributed by atoms with van der Waals surface area (Å²) in [5, 5.41) is 2.91. The summed E-state index contributed by atoms with van der Waals surface area (Å²) in [4.78, 5) is 27.7. The van der Waals surface area contributed by atoms with Crippen LogP contribution in [0.4, 0.5) is 0 Å². The van der Waals surface area contributed by atoms with Gasteiger partial charge in [0.1, 0.15) is 23.3 Å². The van der Waals surface area contributed by atoms with E-state index in [4.69, 9.17) is 14.2 Å². The molecule has 3 aromatic rings. The van der Waals surface area contributed by atoms with Crippen LogP contribution in [0.3, 0.4) is 0 Å². The number of hydrogen-bond donors (Lipinski definition) is 1. The van der Waals surface area contributed by atoms with Gasteiger partial charge in [0.15, 0.2) is 6.61 Å². The fourth-order valence-corrected chi connectivity index (χ4v) is 3.43. The molecule has 0 heterocycles. The molecule has 0 radical (unpaired) electrons. The van der Waals surface area contributed by atoms with Gasteiger partial charge in [0.25, 0.3) is 5.91 Å². The van der Waals surface area contributed by atoms with E-state index in [1.807, 2.05) is 66.7 Å². The van der Waals surface area contributed by atoms with Crippen molar-refractivity contribution in [2.45, 2.75) is 26.1 Å². The van der Waals surface area contributed by atoms with Crippen LogP contribution in [-0.4, -0.2) is 43.6 Å². The van der Waals surface area contributed by atoms with Gasteiger partial charge < -0.3 is 24.4 Å². The van der Waals surface area contributed by atoms with Gasteiger partial charge in [-0.05, 0) is 42.8 Å². The summed E-state index contributed by atoms with van der Waals surface area (Å²) in [6.07, 6.45) is 0. The van der Waals surface area contributed by atoms with Crippen molar-refractivity contribution < 1.29 is 23.8 Å². The predicted molar refractivity (Wildman–Crippen MR) is 130 cm³/mol. The van der Waals surface area contributed by atoms with Crippen LogP contribution in [-0.2, 0) is 22.7 Å². The second-order valence-corrected chi connectivity index (χ2v) is 7.68. The molecule has 1 N–H and O–H groups in total. The first-order chi connectivity index (χ1) is 16.5. The molecule has 0 unspecified atom stereocenters. The van der Waals surface area contributed by atoms with Gasteiger partial charge in [0, 0.05) is 18.7 Å². The summed E-state index contributed by atoms with van der Waals surface area (Å²) in [5.74, 6) is 1.44. The molecule has 0 fully saturated rings. The number of carbonyl (C=O) groups is 2. The number of para-hydroxylation sites is 2. The molecular weight excluding hydrogens is 432 g/mol. The molecule has 0 bridgehead atoms. The first-order valence-electron chi connectivity index (χ1n) is 11.0. The largest absolute Gasteiger partial charge is 0.497 e. The molecule has 0 aromatic heterocycles. The van der Waals surface area contributed by atoms with E-state index in [0.29, 0.717) is 11.5 Å². The predicted octanol–water partition coefficient (Wildman–Crippen LogP) is 3.82. The standard InChI is InChI=1S/C27H30N2O5/c1-20(27(31)28-17-22-9-7-8-12-25(22)33-3)29(18-21-13-15-23(32-2)16-14-21)26(30)19-34-24-10-5-4-6-11-24/h4-16,20H,17-19H2,1-3H3,(H,28,31)/t20-/m0/s1. The van der Waals surface area contributed by atoms with Gasteiger partial charge in [-0.2, -0.15) is 0 Å². The van der Waals surface area contributed by atoms with E-state index >= 15 is 0 Å². The van der Waals surface area contributed by atoms with E-state index < -0.39 is 6.04 Å². The van der Waals surface area contributed by atoms with Crippen molar-refractivity contribution in [2.75, 3.05) is 20.8 Å². The van der Waals surface area contributed by atoms with Gasteiger partial charge in [-0.1, -0.05) is 48.5 Å². The Morgan fingerprint density at radius 3 is 2.21 bits per heavy atom. The van der Waals surface area contributed by atoms with E-state index in [9.17, 15) is 9.59 Å². The summed E-state index contributed by atoms with van der Waals surface area (Å²) < 4.78 is 16.2. The molecule has 7 heteroatoms. The topological polar surface area (TPSA) is 77.1 Å². The summed E-state index contributed by atoms with van der Waals surface area (Å²) in [6.45, 7) is 2.08. The average molecular weight is 463 g/mol. The van der Waals surface area contributed by atoms with Crippen LogP contribution in [0.25, 0.3) is 0 Å². The van der Waals surface area contributed by atoms with Gasteiger partial charge in [-0.3, -0.25) is 9.59 Å². The smallest absolute Gasteiger partial charge is 0.261 e. The minimum absolute atomic E-state index is 0.176. The fourth-order valence-electron chi connectivity index (χ4n) is 3.43. The lowest BCUT2D eigenvalue weighted by Crippen LogP contribution is -2.48. The van der Waals surface area contributed by atoms with Gasteiger partial charge >= 0.3 is 0 Å². The Balaban J connectivity index is 1.71. The molecule has 0 aliphatic carbocycles. The molecule has 34 heavy (non-hydrogen) atoms. The van der Waals surface area contributed by atoms with Gasteiger partial charge in [-0.25, -0.2) is 0 Å². The lowest BCUT2D eigenvalue weighted by atomic mass is 10.1. The van der Waals surface area contributed by atoms with Crippen LogP contribution in [0.15, 0.2) is 78.9 Å². The number of methoxy groups -OCH3 is 2. The highest BCUT2D eigenvalue weighted by atomic mass is 16.5. The average Bonchev–Trinajstić information content (AvgIpc) is 2.89. The molecule has 3 rings (SSSR count). The minimum atomic E-state index is -0.719. The molecule has 1 atom stereocenters. The van der Waals surface area contributed by atoms with Crippen LogP contribution in [0.1, 0.15) is 18.1 Å². The molecular formula is C27H30N2O5. The Labute approximate surface area is 200 Å². The number of ether oxygens (including phenoxy) is 3. The summed E-state index contributed by atoms with van der Waals surface area (Å²) >= 11 is 0. The second-order valence-electron chi connectivity index (χ2n) is 7.68. The van der Waals surface area contributed by atoms with Gasteiger partial charge in [0.2, 0.25) is 5.91 Å². The van der Waals surface area contributed by atoms with Crippen molar-refractivity contribution in [1.82, 2.24) is 10.2 Å². The van der Waals surface area contributed by atoms with Crippen LogP contribution in [0, 0.1) is 0 Å². The van der Waals surface area contributed by atoms with E-state index in [1.54, 1.807) is 33.3 Å². The highest BCUT2D eigenvalue weighted by Gasteiger charge is 2.26. The number of hydrogen-bond acceptors (Lipinski definition) is 5. The monoisotopic (exact) mass is 462 g/mol. The lowest BCUT2D eigenvalue weighted by Gasteiger charge is -2.29. The zero-order chi connectivity index (χ0) is 24.3. The van der Waals surface area contributed by atoms with Crippen molar-refractivity contribution >= 4 is 11.8 Å². The van der Waals surface area contributed by atoms with Crippen LogP contribution in [0.5, 0.6) is 17.2 Å². The van der Waals surface area contributed by atoms with E-state index in [-0.39, 0.29) is 31.5 Å². The third kappa shape index (κ3) is 6.75. The van der Waals surface area contributed by atoms with E-state index in [0.717, 1.165) is 16.9 Å². The van der Waals surface area contributed by atoms with E-state index in [1.165, 1.54) is 4.90 Å². The Morgan fingerprint density at radius 2 is 1.53 bits per heavy atom. The lowest BCUT2D eigenvalue weighted by molar-refractivity contribution is -0.142. The fraction of sp³-hybridized carbons (Fsp3) is 0.259. The Kier molecular flexibility index (Phi) is 8.91. The van der Waals surface area contributed by atoms with Crippen LogP contribution >= 0.6 is 0 Å². The van der Waals surface area contributed by atoms with Gasteiger partial charge in [-0.15, -0.1) is 0 Å². The summed E-state index contributed by atoms with van der Waals surface area (Å²) in [5.41, 5.74) is 1.73. The zero-order valence-corrected chi connectivity index (χ0v) is 19.7.